The van der Waals surface area contributed by atoms with Gasteiger partial charge in [-0.05, 0) is 69.1 Å². The van der Waals surface area contributed by atoms with Gasteiger partial charge >= 0.3 is 0 Å². The van der Waals surface area contributed by atoms with E-state index in [-0.39, 0.29) is 5.60 Å². The Morgan fingerprint density at radius 2 is 1.47 bits per heavy atom. The van der Waals surface area contributed by atoms with E-state index in [1.807, 2.05) is 19.9 Å². The molecular formula is C28H46O2. The lowest BCUT2D eigenvalue weighted by Crippen LogP contribution is -2.32. The Morgan fingerprint density at radius 3 is 2.07 bits per heavy atom. The summed E-state index contributed by atoms with van der Waals surface area (Å²) in [5, 5.41) is 10.2. The van der Waals surface area contributed by atoms with Crippen molar-refractivity contribution in [2.24, 2.45) is 17.8 Å². The highest BCUT2D eigenvalue weighted by molar-refractivity contribution is 5.68. The smallest absolute Gasteiger partial charge is 0.128 e. The zero-order valence-corrected chi connectivity index (χ0v) is 20.7. The third kappa shape index (κ3) is 7.36. The molecule has 1 aromatic carbocycles. The molecular weight excluding hydrogens is 368 g/mol. The summed E-state index contributed by atoms with van der Waals surface area (Å²) in [6.45, 7) is 15.6. The van der Waals surface area contributed by atoms with Crippen LogP contribution in [0.25, 0.3) is 6.08 Å². The standard InChI is InChI=1S/C28H46O2/c1-20(2)11-8-12-21(3)13-9-14-22(4)15-10-17-28(7)18-16-25-24(6)27(29)23(5)19-26(25)30-28/h16,18-22,29H,8-15,17H2,1-7H3/t21-,22-,28-/m1/s1. The first-order valence-electron chi connectivity index (χ1n) is 12.3. The lowest BCUT2D eigenvalue weighted by Gasteiger charge is -2.33. The Labute approximate surface area is 186 Å². The first-order chi connectivity index (χ1) is 14.1. The second-order valence-electron chi connectivity index (χ2n) is 10.7. The number of phenolic OH excluding ortho intramolecular Hbond substituents is 1. The van der Waals surface area contributed by atoms with Gasteiger partial charge in [0.2, 0.25) is 0 Å². The van der Waals surface area contributed by atoms with Crippen LogP contribution in [-0.2, 0) is 0 Å². The molecule has 1 aliphatic rings. The average molecular weight is 415 g/mol. The molecule has 2 nitrogen and oxygen atoms in total. The fourth-order valence-corrected chi connectivity index (χ4v) is 4.70. The molecule has 0 saturated heterocycles. The minimum Gasteiger partial charge on any atom is -0.507 e. The van der Waals surface area contributed by atoms with Crippen molar-refractivity contribution in [2.75, 3.05) is 0 Å². The van der Waals surface area contributed by atoms with Gasteiger partial charge in [-0.3, -0.25) is 0 Å². The predicted molar refractivity (Wildman–Crippen MR) is 130 cm³/mol. The van der Waals surface area contributed by atoms with Crippen molar-refractivity contribution in [3.8, 4) is 11.5 Å². The van der Waals surface area contributed by atoms with E-state index >= 15 is 0 Å². The van der Waals surface area contributed by atoms with Gasteiger partial charge in [0.25, 0.3) is 0 Å². The zero-order chi connectivity index (χ0) is 22.3. The highest BCUT2D eigenvalue weighted by atomic mass is 16.5. The van der Waals surface area contributed by atoms with Crippen LogP contribution in [0.1, 0.15) is 109 Å². The number of aromatic hydroxyl groups is 1. The van der Waals surface area contributed by atoms with Crippen LogP contribution in [0.2, 0.25) is 0 Å². The van der Waals surface area contributed by atoms with Crippen molar-refractivity contribution >= 4 is 6.08 Å². The minimum atomic E-state index is -0.243. The molecule has 0 radical (unpaired) electrons. The van der Waals surface area contributed by atoms with Gasteiger partial charge in [-0.15, -0.1) is 0 Å². The number of aryl methyl sites for hydroxylation is 1. The van der Waals surface area contributed by atoms with Crippen LogP contribution in [0, 0.1) is 31.6 Å². The summed E-state index contributed by atoms with van der Waals surface area (Å²) in [6.07, 6.45) is 16.1. The number of benzene rings is 1. The number of hydrogen-bond acceptors (Lipinski definition) is 2. The summed E-state index contributed by atoms with van der Waals surface area (Å²) in [5.74, 6) is 3.80. The van der Waals surface area contributed by atoms with Crippen molar-refractivity contribution in [2.45, 2.75) is 112 Å². The van der Waals surface area contributed by atoms with Crippen molar-refractivity contribution in [3.05, 3.63) is 28.8 Å². The number of ether oxygens (including phenoxy) is 1. The highest BCUT2D eigenvalue weighted by Crippen LogP contribution is 2.40. The Morgan fingerprint density at radius 1 is 0.900 bits per heavy atom. The molecule has 0 aromatic heterocycles. The van der Waals surface area contributed by atoms with E-state index in [9.17, 15) is 5.11 Å². The molecule has 1 aromatic rings. The topological polar surface area (TPSA) is 29.5 Å². The average Bonchev–Trinajstić information content (AvgIpc) is 2.65. The Bertz CT molecular complexity index is 703. The second kappa shape index (κ2) is 11.3. The molecule has 170 valence electrons. The Hall–Kier alpha value is -1.44. The number of hydrogen-bond donors (Lipinski definition) is 1. The maximum absolute atomic E-state index is 10.2. The highest BCUT2D eigenvalue weighted by Gasteiger charge is 2.28. The van der Waals surface area contributed by atoms with Crippen molar-refractivity contribution < 1.29 is 9.84 Å². The van der Waals surface area contributed by atoms with Crippen LogP contribution in [0.3, 0.4) is 0 Å². The predicted octanol–water partition coefficient (Wildman–Crippen LogP) is 8.61. The summed E-state index contributed by atoms with van der Waals surface area (Å²) in [7, 11) is 0. The minimum absolute atomic E-state index is 0.243. The quantitative estimate of drug-likeness (QED) is 0.371. The van der Waals surface area contributed by atoms with Gasteiger partial charge in [0.15, 0.2) is 0 Å². The van der Waals surface area contributed by atoms with Crippen molar-refractivity contribution in [1.82, 2.24) is 0 Å². The molecule has 30 heavy (non-hydrogen) atoms. The maximum atomic E-state index is 10.2. The fourth-order valence-electron chi connectivity index (χ4n) is 4.70. The van der Waals surface area contributed by atoms with Gasteiger partial charge in [0.05, 0.1) is 0 Å². The van der Waals surface area contributed by atoms with Crippen LogP contribution < -0.4 is 4.74 Å². The summed E-state index contributed by atoms with van der Waals surface area (Å²) in [5.41, 5.74) is 2.57. The van der Waals surface area contributed by atoms with Crippen LogP contribution in [-0.4, -0.2) is 10.7 Å². The van der Waals surface area contributed by atoms with Crippen LogP contribution in [0.15, 0.2) is 12.1 Å². The number of rotatable bonds is 12. The Kier molecular flexibility index (Phi) is 9.31. The van der Waals surface area contributed by atoms with E-state index in [0.717, 1.165) is 46.6 Å². The lowest BCUT2D eigenvalue weighted by molar-refractivity contribution is 0.122. The third-order valence-corrected chi connectivity index (χ3v) is 6.93. The SMILES string of the molecule is Cc1cc2c(c(C)c1O)C=C[C@@](C)(CCC[C@H](C)CCC[C@H](C)CCCC(C)C)O2. The van der Waals surface area contributed by atoms with E-state index in [2.05, 4.69) is 46.8 Å². The molecule has 1 aliphatic heterocycles. The molecule has 0 fully saturated rings. The van der Waals surface area contributed by atoms with Gasteiger partial charge in [-0.2, -0.15) is 0 Å². The third-order valence-electron chi connectivity index (χ3n) is 6.93. The first-order valence-corrected chi connectivity index (χ1v) is 12.3. The first kappa shape index (κ1) is 24.8. The molecule has 0 unspecified atom stereocenters. The van der Waals surface area contributed by atoms with Crippen LogP contribution >= 0.6 is 0 Å². The van der Waals surface area contributed by atoms with Crippen LogP contribution in [0.4, 0.5) is 0 Å². The van der Waals surface area contributed by atoms with Gasteiger partial charge in [-0.1, -0.05) is 78.7 Å². The second-order valence-corrected chi connectivity index (χ2v) is 10.7. The molecule has 2 heteroatoms. The van der Waals surface area contributed by atoms with E-state index in [0.29, 0.717) is 5.75 Å². The largest absolute Gasteiger partial charge is 0.507 e. The van der Waals surface area contributed by atoms with Crippen molar-refractivity contribution in [1.29, 1.82) is 0 Å². The number of fused-ring (bicyclic) bond motifs is 1. The lowest BCUT2D eigenvalue weighted by atomic mass is 9.88. The molecule has 0 bridgehead atoms. The molecule has 1 heterocycles. The normalized spacial score (nSPS) is 20.1. The molecule has 0 saturated carbocycles. The fraction of sp³-hybridized carbons (Fsp3) is 0.714. The molecule has 0 spiro atoms. The van der Waals surface area contributed by atoms with E-state index in [4.69, 9.17) is 4.74 Å². The van der Waals surface area contributed by atoms with Gasteiger partial charge in [-0.25, -0.2) is 0 Å². The molecule has 1 N–H and O–H groups in total. The van der Waals surface area contributed by atoms with Crippen LogP contribution in [0.5, 0.6) is 11.5 Å². The molecule has 3 atom stereocenters. The zero-order valence-electron chi connectivity index (χ0n) is 20.7. The van der Waals surface area contributed by atoms with E-state index < -0.39 is 0 Å². The summed E-state index contributed by atoms with van der Waals surface area (Å²) < 4.78 is 6.39. The molecule has 0 amide bonds. The monoisotopic (exact) mass is 414 g/mol. The number of phenols is 1. The van der Waals surface area contributed by atoms with Crippen molar-refractivity contribution in [3.63, 3.8) is 0 Å². The summed E-state index contributed by atoms with van der Waals surface area (Å²) in [4.78, 5) is 0. The summed E-state index contributed by atoms with van der Waals surface area (Å²) >= 11 is 0. The van der Waals surface area contributed by atoms with E-state index in [1.165, 1.54) is 51.4 Å². The Balaban J connectivity index is 1.70. The maximum Gasteiger partial charge on any atom is 0.128 e. The van der Waals surface area contributed by atoms with Gasteiger partial charge in [0, 0.05) is 11.1 Å². The summed E-state index contributed by atoms with van der Waals surface area (Å²) in [6, 6.07) is 1.98. The molecule has 2 rings (SSSR count). The van der Waals surface area contributed by atoms with Gasteiger partial charge < -0.3 is 9.84 Å². The molecule has 0 aliphatic carbocycles. The van der Waals surface area contributed by atoms with E-state index in [1.54, 1.807) is 0 Å². The van der Waals surface area contributed by atoms with Gasteiger partial charge in [0.1, 0.15) is 17.1 Å².